The van der Waals surface area contributed by atoms with E-state index in [9.17, 15) is 9.90 Å². The average molecular weight is 312 g/mol. The summed E-state index contributed by atoms with van der Waals surface area (Å²) in [5.41, 5.74) is 2.90. The van der Waals surface area contributed by atoms with E-state index in [1.165, 1.54) is 11.3 Å². The summed E-state index contributed by atoms with van der Waals surface area (Å²) in [6.07, 6.45) is -0.695. The minimum atomic E-state index is -0.695. The lowest BCUT2D eigenvalue weighted by Gasteiger charge is -2.11. The lowest BCUT2D eigenvalue weighted by molar-refractivity contribution is 0.0918. The van der Waals surface area contributed by atoms with Crippen molar-refractivity contribution in [3.05, 3.63) is 64.0 Å². The van der Waals surface area contributed by atoms with Gasteiger partial charge in [0.1, 0.15) is 0 Å². The zero-order valence-corrected chi connectivity index (χ0v) is 12.9. The van der Waals surface area contributed by atoms with Crippen molar-refractivity contribution in [2.45, 2.75) is 13.0 Å². The largest absolute Gasteiger partial charge is 0.387 e. The molecule has 22 heavy (non-hydrogen) atoms. The molecule has 3 aromatic rings. The van der Waals surface area contributed by atoms with Crippen LogP contribution in [0.15, 0.2) is 47.2 Å². The maximum absolute atomic E-state index is 12.4. The van der Waals surface area contributed by atoms with Gasteiger partial charge in [0.05, 0.1) is 17.2 Å². The summed E-state index contributed by atoms with van der Waals surface area (Å²) >= 11 is 1.52. The molecule has 0 fully saturated rings. The van der Waals surface area contributed by atoms with Crippen LogP contribution in [0, 0.1) is 6.92 Å². The number of aromatic nitrogens is 1. The van der Waals surface area contributed by atoms with Crippen molar-refractivity contribution in [1.82, 2.24) is 10.3 Å². The van der Waals surface area contributed by atoms with Crippen LogP contribution in [0.5, 0.6) is 0 Å². The number of para-hydroxylation sites is 1. The molecule has 0 spiro atoms. The highest BCUT2D eigenvalue weighted by molar-refractivity contribution is 7.07. The second-order valence-corrected chi connectivity index (χ2v) is 5.89. The Labute approximate surface area is 132 Å². The molecule has 0 aliphatic heterocycles. The predicted octanol–water partition coefficient (Wildman–Crippen LogP) is 3.07. The third-order valence-corrected chi connectivity index (χ3v) is 4.19. The first-order valence-electron chi connectivity index (χ1n) is 7.00. The summed E-state index contributed by atoms with van der Waals surface area (Å²) in [5, 5.41) is 17.5. The van der Waals surface area contributed by atoms with Crippen LogP contribution in [0.1, 0.15) is 27.7 Å². The van der Waals surface area contributed by atoms with Gasteiger partial charge in [0.25, 0.3) is 5.91 Å². The fraction of sp³-hybridized carbons (Fsp3) is 0.176. The van der Waals surface area contributed by atoms with E-state index in [4.69, 9.17) is 0 Å². The van der Waals surface area contributed by atoms with Gasteiger partial charge in [-0.2, -0.15) is 11.3 Å². The van der Waals surface area contributed by atoms with E-state index in [2.05, 4.69) is 10.3 Å². The SMILES string of the molecule is Cc1ccc2cccc(C(=O)NCC(O)c3ccsc3)c2n1. The number of carbonyl (C=O) groups excluding carboxylic acids is 1. The van der Waals surface area contributed by atoms with Crippen molar-refractivity contribution in [3.63, 3.8) is 0 Å². The number of nitrogens with one attached hydrogen (secondary N) is 1. The monoisotopic (exact) mass is 312 g/mol. The third-order valence-electron chi connectivity index (χ3n) is 3.49. The van der Waals surface area contributed by atoms with Gasteiger partial charge in [0, 0.05) is 17.6 Å². The van der Waals surface area contributed by atoms with Crippen molar-refractivity contribution in [2.24, 2.45) is 0 Å². The molecular formula is C17H16N2O2S. The van der Waals surface area contributed by atoms with Crippen molar-refractivity contribution >= 4 is 28.1 Å². The number of hydrogen-bond donors (Lipinski definition) is 2. The summed E-state index contributed by atoms with van der Waals surface area (Å²) in [4.78, 5) is 16.8. The second kappa shape index (κ2) is 6.25. The molecular weight excluding hydrogens is 296 g/mol. The van der Waals surface area contributed by atoms with E-state index in [-0.39, 0.29) is 12.5 Å². The van der Waals surface area contributed by atoms with Crippen molar-refractivity contribution in [2.75, 3.05) is 6.54 Å². The Morgan fingerprint density at radius 2 is 2.18 bits per heavy atom. The summed E-state index contributed by atoms with van der Waals surface area (Å²) in [5.74, 6) is -0.224. The summed E-state index contributed by atoms with van der Waals surface area (Å²) in [6.45, 7) is 2.08. The first-order valence-corrected chi connectivity index (χ1v) is 7.94. The molecule has 1 amide bonds. The molecule has 112 valence electrons. The lowest BCUT2D eigenvalue weighted by Crippen LogP contribution is -2.28. The van der Waals surface area contributed by atoms with Gasteiger partial charge in [-0.1, -0.05) is 18.2 Å². The second-order valence-electron chi connectivity index (χ2n) is 5.11. The van der Waals surface area contributed by atoms with Gasteiger partial charge in [-0.05, 0) is 41.4 Å². The third kappa shape index (κ3) is 3.00. The Morgan fingerprint density at radius 3 is 2.95 bits per heavy atom. The molecule has 2 N–H and O–H groups in total. The average Bonchev–Trinajstić information content (AvgIpc) is 3.06. The summed E-state index contributed by atoms with van der Waals surface area (Å²) in [6, 6.07) is 11.2. The molecule has 5 heteroatoms. The molecule has 0 aliphatic rings. The quantitative estimate of drug-likeness (QED) is 0.778. The number of amides is 1. The van der Waals surface area contributed by atoms with Crippen LogP contribution in [0.2, 0.25) is 0 Å². The number of benzene rings is 1. The maximum Gasteiger partial charge on any atom is 0.253 e. The van der Waals surface area contributed by atoms with Crippen LogP contribution in [-0.2, 0) is 0 Å². The fourth-order valence-electron chi connectivity index (χ4n) is 2.29. The molecule has 2 aromatic heterocycles. The van der Waals surface area contributed by atoms with Gasteiger partial charge in [-0.3, -0.25) is 9.78 Å². The topological polar surface area (TPSA) is 62.2 Å². The molecule has 0 radical (unpaired) electrons. The number of aliphatic hydroxyl groups excluding tert-OH is 1. The number of aliphatic hydroxyl groups is 1. The van der Waals surface area contributed by atoms with Gasteiger partial charge < -0.3 is 10.4 Å². The molecule has 3 rings (SSSR count). The van der Waals surface area contributed by atoms with E-state index in [1.807, 2.05) is 48.0 Å². The Kier molecular flexibility index (Phi) is 4.18. The highest BCUT2D eigenvalue weighted by Crippen LogP contribution is 2.18. The number of aryl methyl sites for hydroxylation is 1. The summed E-state index contributed by atoms with van der Waals surface area (Å²) < 4.78 is 0. The Morgan fingerprint density at radius 1 is 1.32 bits per heavy atom. The Hall–Kier alpha value is -2.24. The molecule has 1 atom stereocenters. The molecule has 0 saturated carbocycles. The minimum Gasteiger partial charge on any atom is -0.387 e. The zero-order chi connectivity index (χ0) is 15.5. The number of carbonyl (C=O) groups is 1. The van der Waals surface area contributed by atoms with Crippen molar-refractivity contribution < 1.29 is 9.90 Å². The molecule has 4 nitrogen and oxygen atoms in total. The van der Waals surface area contributed by atoms with Crippen LogP contribution in [0.4, 0.5) is 0 Å². The van der Waals surface area contributed by atoms with Crippen molar-refractivity contribution in [1.29, 1.82) is 0 Å². The van der Waals surface area contributed by atoms with E-state index in [1.54, 1.807) is 6.07 Å². The van der Waals surface area contributed by atoms with Gasteiger partial charge in [0.2, 0.25) is 0 Å². The van der Waals surface area contributed by atoms with Gasteiger partial charge in [-0.15, -0.1) is 0 Å². The Balaban J connectivity index is 1.79. The van der Waals surface area contributed by atoms with Crippen LogP contribution in [0.3, 0.4) is 0 Å². The number of nitrogens with zero attached hydrogens (tertiary/aromatic N) is 1. The molecule has 0 saturated heterocycles. The van der Waals surface area contributed by atoms with Crippen LogP contribution < -0.4 is 5.32 Å². The van der Waals surface area contributed by atoms with E-state index in [0.717, 1.165) is 16.6 Å². The fourth-order valence-corrected chi connectivity index (χ4v) is 3.00. The number of hydrogen-bond acceptors (Lipinski definition) is 4. The van der Waals surface area contributed by atoms with Crippen LogP contribution in [0.25, 0.3) is 10.9 Å². The Bertz CT molecular complexity index is 800. The highest BCUT2D eigenvalue weighted by Gasteiger charge is 2.14. The van der Waals surface area contributed by atoms with Gasteiger partial charge in [-0.25, -0.2) is 0 Å². The molecule has 2 heterocycles. The number of rotatable bonds is 4. The maximum atomic E-state index is 12.4. The van der Waals surface area contributed by atoms with E-state index < -0.39 is 6.10 Å². The van der Waals surface area contributed by atoms with Crippen LogP contribution >= 0.6 is 11.3 Å². The van der Waals surface area contributed by atoms with Crippen LogP contribution in [-0.4, -0.2) is 22.5 Å². The van der Waals surface area contributed by atoms with E-state index in [0.29, 0.717) is 11.1 Å². The zero-order valence-electron chi connectivity index (χ0n) is 12.1. The molecule has 0 aliphatic carbocycles. The normalized spacial score (nSPS) is 12.3. The first-order chi connectivity index (χ1) is 10.6. The number of pyridine rings is 1. The van der Waals surface area contributed by atoms with Gasteiger partial charge in [0.15, 0.2) is 0 Å². The number of fused-ring (bicyclic) bond motifs is 1. The van der Waals surface area contributed by atoms with Crippen molar-refractivity contribution in [3.8, 4) is 0 Å². The molecule has 0 bridgehead atoms. The van der Waals surface area contributed by atoms with E-state index >= 15 is 0 Å². The molecule has 1 aromatic carbocycles. The highest BCUT2D eigenvalue weighted by atomic mass is 32.1. The summed E-state index contributed by atoms with van der Waals surface area (Å²) in [7, 11) is 0. The lowest BCUT2D eigenvalue weighted by atomic mass is 10.1. The number of thiophene rings is 1. The smallest absolute Gasteiger partial charge is 0.253 e. The van der Waals surface area contributed by atoms with Gasteiger partial charge >= 0.3 is 0 Å². The minimum absolute atomic E-state index is 0.178. The first kappa shape index (κ1) is 14.7. The predicted molar refractivity (Wildman–Crippen MR) is 88.1 cm³/mol. The molecule has 1 unspecified atom stereocenters. The standard InChI is InChI=1S/C17H16N2O2S/c1-11-5-6-12-3-2-4-14(16(12)19-11)17(21)18-9-15(20)13-7-8-22-10-13/h2-8,10,15,20H,9H2,1H3,(H,18,21).